The first-order valence-electron chi connectivity index (χ1n) is 10.4. The van der Waals surface area contributed by atoms with Gasteiger partial charge < -0.3 is 10.1 Å². The minimum Gasteiger partial charge on any atom is -0.442 e. The molecule has 1 N–H and O–H groups in total. The summed E-state index contributed by atoms with van der Waals surface area (Å²) in [6.07, 6.45) is -0.636. The number of carbonyl (C=O) groups excluding carboxylic acids is 1. The van der Waals surface area contributed by atoms with Crippen LogP contribution in [0.15, 0.2) is 70.6 Å². The van der Waals surface area contributed by atoms with Gasteiger partial charge in [-0.25, -0.2) is 22.6 Å². The summed E-state index contributed by atoms with van der Waals surface area (Å²) in [4.78, 5) is 16.7. The van der Waals surface area contributed by atoms with Gasteiger partial charge in [-0.1, -0.05) is 24.3 Å². The van der Waals surface area contributed by atoms with E-state index in [0.717, 1.165) is 16.8 Å². The van der Waals surface area contributed by atoms with E-state index >= 15 is 0 Å². The standard InChI is InChI=1S/C24H23FN4O4S/c1-15-13-20(28-29(15)23(30)33-24(2,3)4)26-22-19-8-6-5-7-16(19)14-21(27-22)34(31,32)18-11-9-17(25)10-12-18/h5-14H,1-4H3,(H,26,27,28). The first-order valence-corrected chi connectivity index (χ1v) is 11.9. The second-order valence-corrected chi connectivity index (χ2v) is 10.6. The fourth-order valence-corrected chi connectivity index (χ4v) is 4.52. The number of pyridine rings is 1. The molecule has 0 amide bonds. The average molecular weight is 483 g/mol. The van der Waals surface area contributed by atoms with Crippen LogP contribution in [-0.2, 0) is 14.6 Å². The lowest BCUT2D eigenvalue weighted by atomic mass is 10.1. The van der Waals surface area contributed by atoms with Gasteiger partial charge in [-0.3, -0.25) is 0 Å². The van der Waals surface area contributed by atoms with E-state index in [0.29, 0.717) is 16.5 Å². The smallest absolute Gasteiger partial charge is 0.435 e. The van der Waals surface area contributed by atoms with E-state index in [9.17, 15) is 17.6 Å². The summed E-state index contributed by atoms with van der Waals surface area (Å²) in [7, 11) is -4.02. The van der Waals surface area contributed by atoms with Gasteiger partial charge >= 0.3 is 6.09 Å². The van der Waals surface area contributed by atoms with E-state index in [-0.39, 0.29) is 21.6 Å². The number of anilines is 2. The molecular weight excluding hydrogens is 459 g/mol. The molecule has 0 radical (unpaired) electrons. The predicted molar refractivity (Wildman–Crippen MR) is 125 cm³/mol. The molecule has 34 heavy (non-hydrogen) atoms. The molecule has 0 saturated carbocycles. The molecule has 2 heterocycles. The molecule has 0 spiro atoms. The highest BCUT2D eigenvalue weighted by Crippen LogP contribution is 2.29. The first kappa shape index (κ1) is 23.4. The largest absolute Gasteiger partial charge is 0.442 e. The number of carbonyl (C=O) groups is 1. The van der Waals surface area contributed by atoms with Crippen molar-refractivity contribution in [1.82, 2.24) is 14.8 Å². The summed E-state index contributed by atoms with van der Waals surface area (Å²) in [6.45, 7) is 6.97. The van der Waals surface area contributed by atoms with Crippen LogP contribution < -0.4 is 5.32 Å². The minimum atomic E-state index is -4.02. The van der Waals surface area contributed by atoms with Crippen molar-refractivity contribution < 1.29 is 22.3 Å². The third-order valence-electron chi connectivity index (χ3n) is 4.82. The number of sulfone groups is 1. The number of hydrogen-bond acceptors (Lipinski definition) is 7. The maximum Gasteiger partial charge on any atom is 0.435 e. The molecule has 0 aliphatic rings. The maximum absolute atomic E-state index is 13.3. The van der Waals surface area contributed by atoms with Crippen molar-refractivity contribution in [2.24, 2.45) is 0 Å². The molecule has 0 atom stereocenters. The zero-order valence-corrected chi connectivity index (χ0v) is 19.9. The number of benzene rings is 2. The van der Waals surface area contributed by atoms with Crippen molar-refractivity contribution in [3.05, 3.63) is 72.2 Å². The normalized spacial score (nSPS) is 12.0. The number of nitrogens with zero attached hydrogens (tertiary/aromatic N) is 3. The Morgan fingerprint density at radius 1 is 1.06 bits per heavy atom. The van der Waals surface area contributed by atoms with Gasteiger partial charge in [-0.2, -0.15) is 4.68 Å². The molecule has 176 valence electrons. The Hall–Kier alpha value is -3.79. The molecule has 8 nitrogen and oxygen atoms in total. The van der Waals surface area contributed by atoms with Crippen LogP contribution in [0, 0.1) is 12.7 Å². The number of ether oxygens (including phenoxy) is 1. The van der Waals surface area contributed by atoms with Gasteiger partial charge in [-0.05, 0) is 63.4 Å². The minimum absolute atomic E-state index is 0.0762. The Morgan fingerprint density at radius 2 is 1.74 bits per heavy atom. The van der Waals surface area contributed by atoms with Gasteiger partial charge in [0, 0.05) is 17.1 Å². The molecule has 2 aromatic heterocycles. The number of nitrogens with one attached hydrogen (secondary N) is 1. The Labute approximate surface area is 196 Å². The van der Waals surface area contributed by atoms with Crippen LogP contribution in [0.3, 0.4) is 0 Å². The van der Waals surface area contributed by atoms with Crippen molar-refractivity contribution in [1.29, 1.82) is 0 Å². The van der Waals surface area contributed by atoms with Crippen LogP contribution in [0.25, 0.3) is 10.8 Å². The van der Waals surface area contributed by atoms with Gasteiger partial charge in [0.25, 0.3) is 0 Å². The number of rotatable bonds is 4. The SMILES string of the molecule is Cc1cc(Nc2nc(S(=O)(=O)c3ccc(F)cc3)cc3ccccc23)nn1C(=O)OC(C)(C)C. The third kappa shape index (κ3) is 4.76. The molecule has 0 saturated heterocycles. The fraction of sp³-hybridized carbons (Fsp3) is 0.208. The summed E-state index contributed by atoms with van der Waals surface area (Å²) in [5.74, 6) is -0.00584. The molecule has 4 rings (SSSR count). The molecule has 0 fully saturated rings. The number of aryl methyl sites for hydroxylation is 1. The molecule has 10 heteroatoms. The quantitative estimate of drug-likeness (QED) is 0.397. The van der Waals surface area contributed by atoms with E-state index in [2.05, 4.69) is 15.4 Å². The lowest BCUT2D eigenvalue weighted by molar-refractivity contribution is 0.0511. The Morgan fingerprint density at radius 3 is 2.41 bits per heavy atom. The molecule has 0 unspecified atom stereocenters. The lowest BCUT2D eigenvalue weighted by Crippen LogP contribution is -2.28. The van der Waals surface area contributed by atoms with Crippen LogP contribution >= 0.6 is 0 Å². The second kappa shape index (κ2) is 8.53. The zero-order chi connectivity index (χ0) is 24.7. The Bertz CT molecular complexity index is 1490. The molecule has 0 bridgehead atoms. The van der Waals surface area contributed by atoms with Crippen LogP contribution in [0.2, 0.25) is 0 Å². The zero-order valence-electron chi connectivity index (χ0n) is 19.0. The molecule has 4 aromatic rings. The average Bonchev–Trinajstić information content (AvgIpc) is 3.13. The topological polar surface area (TPSA) is 103 Å². The van der Waals surface area contributed by atoms with Gasteiger partial charge in [0.2, 0.25) is 9.84 Å². The van der Waals surface area contributed by atoms with E-state index in [1.54, 1.807) is 58.0 Å². The summed E-state index contributed by atoms with van der Waals surface area (Å²) in [6, 6.07) is 14.8. The lowest BCUT2D eigenvalue weighted by Gasteiger charge is -2.19. The van der Waals surface area contributed by atoms with E-state index in [1.807, 2.05) is 0 Å². The van der Waals surface area contributed by atoms with Crippen molar-refractivity contribution in [2.75, 3.05) is 5.32 Å². The predicted octanol–water partition coefficient (Wildman–Crippen LogP) is 5.24. The van der Waals surface area contributed by atoms with Crippen molar-refractivity contribution in [3.63, 3.8) is 0 Å². The maximum atomic E-state index is 13.3. The third-order valence-corrected chi connectivity index (χ3v) is 6.47. The van der Waals surface area contributed by atoms with Crippen LogP contribution in [-0.4, -0.2) is 34.9 Å². The number of aromatic nitrogens is 3. The van der Waals surface area contributed by atoms with Crippen molar-refractivity contribution >= 4 is 38.3 Å². The van der Waals surface area contributed by atoms with Crippen molar-refractivity contribution in [3.8, 4) is 0 Å². The highest BCUT2D eigenvalue weighted by Gasteiger charge is 2.23. The van der Waals surface area contributed by atoms with E-state index in [4.69, 9.17) is 4.74 Å². The highest BCUT2D eigenvalue weighted by atomic mass is 32.2. The van der Waals surface area contributed by atoms with Crippen LogP contribution in [0.4, 0.5) is 20.8 Å². The Balaban J connectivity index is 1.76. The highest BCUT2D eigenvalue weighted by molar-refractivity contribution is 7.91. The van der Waals surface area contributed by atoms with Gasteiger partial charge in [0.15, 0.2) is 10.8 Å². The first-order chi connectivity index (χ1) is 15.9. The molecule has 0 aliphatic carbocycles. The van der Waals surface area contributed by atoms with Crippen molar-refractivity contribution in [2.45, 2.75) is 43.2 Å². The molecule has 2 aromatic carbocycles. The monoisotopic (exact) mass is 482 g/mol. The summed E-state index contributed by atoms with van der Waals surface area (Å²) < 4.78 is 46.2. The summed E-state index contributed by atoms with van der Waals surface area (Å²) >= 11 is 0. The molecule has 0 aliphatic heterocycles. The van der Waals surface area contributed by atoms with Crippen LogP contribution in [0.1, 0.15) is 26.5 Å². The van der Waals surface area contributed by atoms with Gasteiger partial charge in [0.05, 0.1) is 4.90 Å². The second-order valence-electron chi connectivity index (χ2n) is 8.68. The molecular formula is C24H23FN4O4S. The van der Waals surface area contributed by atoms with Gasteiger partial charge in [-0.15, -0.1) is 5.10 Å². The number of fused-ring (bicyclic) bond motifs is 1. The van der Waals surface area contributed by atoms with Crippen LogP contribution in [0.5, 0.6) is 0 Å². The van der Waals surface area contributed by atoms with E-state index in [1.165, 1.54) is 18.2 Å². The number of halogens is 1. The Kier molecular flexibility index (Phi) is 5.86. The van der Waals surface area contributed by atoms with Gasteiger partial charge in [0.1, 0.15) is 17.2 Å². The summed E-state index contributed by atoms with van der Waals surface area (Å²) in [5, 5.41) is 8.36. The summed E-state index contributed by atoms with van der Waals surface area (Å²) in [5.41, 5.74) is -0.166. The fourth-order valence-electron chi connectivity index (χ4n) is 3.29. The van der Waals surface area contributed by atoms with E-state index < -0.39 is 27.3 Å². The number of hydrogen-bond donors (Lipinski definition) is 1.